The lowest BCUT2D eigenvalue weighted by Crippen LogP contribution is -2.60. The Morgan fingerprint density at radius 3 is 1.59 bits per heavy atom. The van der Waals surface area contributed by atoms with Crippen molar-refractivity contribution in [3.8, 4) is 0 Å². The number of hydrazine groups is 1. The van der Waals surface area contributed by atoms with Crippen LogP contribution in [-0.4, -0.2) is 33.9 Å². The van der Waals surface area contributed by atoms with Crippen LogP contribution in [0.1, 0.15) is 52.4 Å². The van der Waals surface area contributed by atoms with Crippen molar-refractivity contribution < 1.29 is 9.59 Å². The third kappa shape index (κ3) is 1.14. The molecule has 2 bridgehead atoms. The molecule has 0 unspecified atom stereocenters. The minimum atomic E-state index is -0.745. The van der Waals surface area contributed by atoms with Gasteiger partial charge in [-0.05, 0) is 38.5 Å². The van der Waals surface area contributed by atoms with Crippen LogP contribution in [0.15, 0.2) is 0 Å². The summed E-state index contributed by atoms with van der Waals surface area (Å²) in [4.78, 5) is 25.2. The van der Waals surface area contributed by atoms with Gasteiger partial charge in [-0.2, -0.15) is 0 Å². The largest absolute Gasteiger partial charge is 0.272 e. The van der Waals surface area contributed by atoms with Gasteiger partial charge in [0.1, 0.15) is 5.41 Å². The second kappa shape index (κ2) is 3.47. The summed E-state index contributed by atoms with van der Waals surface area (Å²) < 4.78 is 0. The van der Waals surface area contributed by atoms with E-state index in [0.717, 1.165) is 25.7 Å². The summed E-state index contributed by atoms with van der Waals surface area (Å²) in [5.41, 5.74) is -0.745. The third-order valence-corrected chi connectivity index (χ3v) is 5.03. The zero-order chi connectivity index (χ0) is 12.2. The van der Waals surface area contributed by atoms with Gasteiger partial charge in [0.15, 0.2) is 0 Å². The molecule has 0 radical (unpaired) electrons. The molecule has 3 heterocycles. The smallest absolute Gasteiger partial charge is 0.257 e. The van der Waals surface area contributed by atoms with Crippen LogP contribution < -0.4 is 0 Å². The summed E-state index contributed by atoms with van der Waals surface area (Å²) in [5.74, 6) is 0.142. The fourth-order valence-corrected chi connectivity index (χ4v) is 3.81. The summed E-state index contributed by atoms with van der Waals surface area (Å²) in [6, 6.07) is 0.577. The Kier molecular flexibility index (Phi) is 2.25. The van der Waals surface area contributed by atoms with Crippen LogP contribution >= 0.6 is 0 Å². The normalized spacial score (nSPS) is 34.5. The maximum Gasteiger partial charge on any atom is 0.257 e. The van der Waals surface area contributed by atoms with E-state index in [4.69, 9.17) is 0 Å². The fourth-order valence-electron chi connectivity index (χ4n) is 3.81. The van der Waals surface area contributed by atoms with E-state index in [1.54, 1.807) is 0 Å². The number of hydrogen-bond donors (Lipinski definition) is 0. The molecule has 0 aromatic heterocycles. The Balaban J connectivity index is 2.05. The van der Waals surface area contributed by atoms with Crippen LogP contribution in [0, 0.1) is 5.41 Å². The Bertz CT molecular complexity index is 336. The first-order valence-corrected chi connectivity index (χ1v) is 6.83. The van der Waals surface area contributed by atoms with Gasteiger partial charge in [0.25, 0.3) is 11.8 Å². The highest BCUT2D eigenvalue weighted by atomic mass is 16.2. The average molecular weight is 236 g/mol. The monoisotopic (exact) mass is 236 g/mol. The van der Waals surface area contributed by atoms with E-state index in [-0.39, 0.29) is 23.9 Å². The van der Waals surface area contributed by atoms with Gasteiger partial charge in [-0.3, -0.25) is 9.59 Å². The van der Waals surface area contributed by atoms with Crippen LogP contribution in [0.5, 0.6) is 0 Å². The van der Waals surface area contributed by atoms with Gasteiger partial charge in [-0.25, -0.2) is 10.0 Å². The molecule has 4 aliphatic rings. The maximum absolute atomic E-state index is 12.6. The van der Waals surface area contributed by atoms with E-state index < -0.39 is 5.41 Å². The topological polar surface area (TPSA) is 40.6 Å². The zero-order valence-corrected chi connectivity index (χ0v) is 10.6. The summed E-state index contributed by atoms with van der Waals surface area (Å²) >= 11 is 0. The Morgan fingerprint density at radius 1 is 0.941 bits per heavy atom. The first-order valence-electron chi connectivity index (χ1n) is 6.83. The molecule has 0 aromatic rings. The molecule has 1 saturated carbocycles. The number of hydrogen-bond acceptors (Lipinski definition) is 2. The molecule has 4 fully saturated rings. The van der Waals surface area contributed by atoms with Crippen molar-refractivity contribution in [3.63, 3.8) is 0 Å². The molecule has 0 spiro atoms. The molecule has 3 saturated heterocycles. The molecular weight excluding hydrogens is 216 g/mol. The second-order valence-electron chi connectivity index (χ2n) is 5.55. The summed E-state index contributed by atoms with van der Waals surface area (Å²) in [6.07, 6.45) is 5.56. The van der Waals surface area contributed by atoms with Crippen molar-refractivity contribution in [1.29, 1.82) is 0 Å². The quantitative estimate of drug-likeness (QED) is 0.685. The van der Waals surface area contributed by atoms with Crippen molar-refractivity contribution in [2.24, 2.45) is 5.41 Å². The lowest BCUT2D eigenvalue weighted by molar-refractivity contribution is -0.175. The number of carbonyl (C=O) groups is 2. The molecule has 0 N–H and O–H groups in total. The highest BCUT2D eigenvalue weighted by Crippen LogP contribution is 2.47. The van der Waals surface area contributed by atoms with Crippen LogP contribution in [0.25, 0.3) is 0 Å². The van der Waals surface area contributed by atoms with E-state index >= 15 is 0 Å². The molecular formula is C13H20N2O2. The summed E-state index contributed by atoms with van der Waals surface area (Å²) in [7, 11) is 0. The highest BCUT2D eigenvalue weighted by molar-refractivity contribution is 6.10. The molecule has 17 heavy (non-hydrogen) atoms. The molecule has 4 heteroatoms. The third-order valence-electron chi connectivity index (χ3n) is 5.03. The number of carbonyl (C=O) groups excluding carboxylic acids is 2. The second-order valence-corrected chi connectivity index (χ2v) is 5.55. The highest BCUT2D eigenvalue weighted by Gasteiger charge is 2.61. The molecule has 4 rings (SSSR count). The predicted molar refractivity (Wildman–Crippen MR) is 62.8 cm³/mol. The van der Waals surface area contributed by atoms with Crippen molar-refractivity contribution in [3.05, 3.63) is 0 Å². The van der Waals surface area contributed by atoms with Gasteiger partial charge in [-0.1, -0.05) is 13.8 Å². The fraction of sp³-hybridized carbons (Fsp3) is 0.846. The summed E-state index contributed by atoms with van der Waals surface area (Å²) in [5, 5.41) is 3.62. The average Bonchev–Trinajstić information content (AvgIpc) is 2.63. The van der Waals surface area contributed by atoms with E-state index in [1.807, 2.05) is 23.9 Å². The Hall–Kier alpha value is -1.06. The van der Waals surface area contributed by atoms with Crippen LogP contribution in [0.3, 0.4) is 0 Å². The lowest BCUT2D eigenvalue weighted by atomic mass is 9.81. The lowest BCUT2D eigenvalue weighted by Gasteiger charge is -2.49. The molecule has 3 aliphatic heterocycles. The maximum atomic E-state index is 12.6. The van der Waals surface area contributed by atoms with Crippen LogP contribution in [0.2, 0.25) is 0 Å². The van der Waals surface area contributed by atoms with Gasteiger partial charge >= 0.3 is 0 Å². The molecule has 94 valence electrons. The van der Waals surface area contributed by atoms with E-state index in [9.17, 15) is 9.59 Å². The molecule has 0 atom stereocenters. The van der Waals surface area contributed by atoms with Crippen molar-refractivity contribution in [2.45, 2.75) is 64.5 Å². The number of fused-ring (bicyclic) bond motifs is 2. The number of nitrogens with zero attached hydrogens (tertiary/aromatic N) is 2. The summed E-state index contributed by atoms with van der Waals surface area (Å²) in [6.45, 7) is 3.92. The molecule has 4 nitrogen and oxygen atoms in total. The Morgan fingerprint density at radius 2 is 1.29 bits per heavy atom. The van der Waals surface area contributed by atoms with E-state index in [0.29, 0.717) is 12.8 Å². The predicted octanol–water partition coefficient (Wildman–Crippen LogP) is 1.70. The number of amides is 2. The van der Waals surface area contributed by atoms with Gasteiger partial charge in [0, 0.05) is 0 Å². The van der Waals surface area contributed by atoms with E-state index in [2.05, 4.69) is 0 Å². The van der Waals surface area contributed by atoms with Crippen molar-refractivity contribution >= 4 is 11.8 Å². The minimum absolute atomic E-state index is 0.0712. The minimum Gasteiger partial charge on any atom is -0.272 e. The van der Waals surface area contributed by atoms with Crippen molar-refractivity contribution in [2.75, 3.05) is 0 Å². The zero-order valence-electron chi connectivity index (χ0n) is 10.6. The van der Waals surface area contributed by atoms with E-state index in [1.165, 1.54) is 0 Å². The van der Waals surface area contributed by atoms with Gasteiger partial charge in [0.05, 0.1) is 12.1 Å². The molecule has 0 aromatic carbocycles. The first kappa shape index (κ1) is 11.1. The molecule has 1 aliphatic carbocycles. The Labute approximate surface area is 102 Å². The van der Waals surface area contributed by atoms with Gasteiger partial charge < -0.3 is 0 Å². The SMILES string of the molecule is CCC1(CC)C(=O)N2C3CCC(CC3)N2C1=O. The first-order chi connectivity index (χ1) is 8.15. The molecule has 2 amide bonds. The number of rotatable bonds is 2. The van der Waals surface area contributed by atoms with Crippen LogP contribution in [0.4, 0.5) is 0 Å². The van der Waals surface area contributed by atoms with Gasteiger partial charge in [-0.15, -0.1) is 0 Å². The van der Waals surface area contributed by atoms with Crippen LogP contribution in [-0.2, 0) is 9.59 Å². The van der Waals surface area contributed by atoms with Gasteiger partial charge in [0.2, 0.25) is 0 Å². The standard InChI is InChI=1S/C13H20N2O2/c1-3-13(4-2)11(16)14-9-5-6-10(8-7-9)15(14)12(13)17/h9-10H,3-8H2,1-2H3. The van der Waals surface area contributed by atoms with Crippen molar-refractivity contribution in [1.82, 2.24) is 10.0 Å².